The molecule has 1 amide bonds. The molecule has 0 N–H and O–H groups in total. The molecule has 0 fully saturated rings. The molecule has 6 nitrogen and oxygen atoms in total. The third kappa shape index (κ3) is 5.34. The molecule has 0 saturated carbocycles. The molecule has 0 bridgehead atoms. The Morgan fingerprint density at radius 2 is 1.94 bits per heavy atom. The van der Waals surface area contributed by atoms with Crippen LogP contribution in [0.1, 0.15) is 41.3 Å². The highest BCUT2D eigenvalue weighted by molar-refractivity contribution is 7.99. The lowest BCUT2D eigenvalue weighted by molar-refractivity contribution is -0.127. The van der Waals surface area contributed by atoms with Gasteiger partial charge in [-0.05, 0) is 48.8 Å². The van der Waals surface area contributed by atoms with Crippen molar-refractivity contribution in [3.8, 4) is 0 Å². The summed E-state index contributed by atoms with van der Waals surface area (Å²) in [7, 11) is 3.44. The van der Waals surface area contributed by atoms with E-state index in [1.165, 1.54) is 34.2 Å². The van der Waals surface area contributed by atoms with Crippen molar-refractivity contribution in [1.29, 1.82) is 0 Å². The van der Waals surface area contributed by atoms with Crippen LogP contribution in [0.3, 0.4) is 0 Å². The molecule has 0 aliphatic heterocycles. The summed E-state index contributed by atoms with van der Waals surface area (Å²) in [5, 5.41) is 1.37. The standard InChI is InChI=1S/C25H31N3O3S2/c1-4-17-9-11-18(12-10-17)15-27(2)21(29)16-32-25-26-23-22(24(30)28(25)13-14-31-3)19-7-5-6-8-20(19)33-23/h9-12H,4-8,13-16H2,1-3H3. The maximum atomic E-state index is 13.4. The summed E-state index contributed by atoms with van der Waals surface area (Å²) < 4.78 is 6.93. The van der Waals surface area contributed by atoms with Crippen LogP contribution in [0.4, 0.5) is 0 Å². The van der Waals surface area contributed by atoms with Gasteiger partial charge in [0.15, 0.2) is 5.16 Å². The Balaban J connectivity index is 1.52. The number of ether oxygens (including phenoxy) is 1. The van der Waals surface area contributed by atoms with E-state index in [0.717, 1.165) is 41.5 Å². The van der Waals surface area contributed by atoms with E-state index in [-0.39, 0.29) is 17.2 Å². The van der Waals surface area contributed by atoms with E-state index >= 15 is 0 Å². The van der Waals surface area contributed by atoms with Crippen molar-refractivity contribution in [2.24, 2.45) is 0 Å². The van der Waals surface area contributed by atoms with Gasteiger partial charge in [-0.2, -0.15) is 0 Å². The van der Waals surface area contributed by atoms with Gasteiger partial charge >= 0.3 is 0 Å². The molecule has 33 heavy (non-hydrogen) atoms. The molecule has 2 heterocycles. The first kappa shape index (κ1) is 24.0. The molecule has 8 heteroatoms. The number of aromatic nitrogens is 2. The molecule has 0 saturated heterocycles. The molecular weight excluding hydrogens is 454 g/mol. The van der Waals surface area contributed by atoms with E-state index in [2.05, 4.69) is 31.2 Å². The lowest BCUT2D eigenvalue weighted by Gasteiger charge is -2.18. The summed E-state index contributed by atoms with van der Waals surface area (Å²) in [6.45, 7) is 3.54. The monoisotopic (exact) mass is 485 g/mol. The normalized spacial score (nSPS) is 13.3. The number of carbonyl (C=O) groups is 1. The molecule has 176 valence electrons. The smallest absolute Gasteiger partial charge is 0.263 e. The minimum absolute atomic E-state index is 0.00392. The van der Waals surface area contributed by atoms with E-state index in [1.54, 1.807) is 27.9 Å². The predicted octanol–water partition coefficient (Wildman–Crippen LogP) is 4.30. The van der Waals surface area contributed by atoms with E-state index < -0.39 is 0 Å². The van der Waals surface area contributed by atoms with Gasteiger partial charge < -0.3 is 9.64 Å². The Labute approximate surface area is 203 Å². The van der Waals surface area contributed by atoms with Crippen LogP contribution in [0.2, 0.25) is 0 Å². The quantitative estimate of drug-likeness (QED) is 0.334. The number of carbonyl (C=O) groups excluding carboxylic acids is 1. The SMILES string of the molecule is CCc1ccc(CN(C)C(=O)CSc2nc3sc4c(c3c(=O)n2CCOC)CCCC4)cc1. The van der Waals surface area contributed by atoms with Crippen LogP contribution in [0.15, 0.2) is 34.2 Å². The van der Waals surface area contributed by atoms with E-state index in [9.17, 15) is 9.59 Å². The van der Waals surface area contributed by atoms with Crippen LogP contribution < -0.4 is 5.56 Å². The van der Waals surface area contributed by atoms with E-state index in [4.69, 9.17) is 9.72 Å². The number of thiophene rings is 1. The Kier molecular flexibility index (Phi) is 7.88. The first-order chi connectivity index (χ1) is 16.0. The fraction of sp³-hybridized carbons (Fsp3) is 0.480. The van der Waals surface area contributed by atoms with E-state index in [0.29, 0.717) is 24.9 Å². The maximum Gasteiger partial charge on any atom is 0.263 e. The molecule has 0 radical (unpaired) electrons. The van der Waals surface area contributed by atoms with Gasteiger partial charge in [0.25, 0.3) is 5.56 Å². The van der Waals surface area contributed by atoms with Gasteiger partial charge in [0.05, 0.1) is 24.3 Å². The maximum absolute atomic E-state index is 13.4. The van der Waals surface area contributed by atoms with Crippen LogP contribution in [0.5, 0.6) is 0 Å². The van der Waals surface area contributed by atoms with Gasteiger partial charge in [-0.15, -0.1) is 11.3 Å². The third-order valence-corrected chi connectivity index (χ3v) is 8.31. The molecule has 0 atom stereocenters. The minimum atomic E-state index is -0.00392. The van der Waals surface area contributed by atoms with Crippen LogP contribution >= 0.6 is 23.1 Å². The Hall–Kier alpha value is -2.16. The number of benzene rings is 1. The first-order valence-corrected chi connectivity index (χ1v) is 13.3. The minimum Gasteiger partial charge on any atom is -0.383 e. The molecule has 1 aromatic carbocycles. The summed E-state index contributed by atoms with van der Waals surface area (Å²) in [6, 6.07) is 8.37. The average Bonchev–Trinajstić information content (AvgIpc) is 3.21. The highest BCUT2D eigenvalue weighted by atomic mass is 32.2. The molecule has 3 aromatic rings. The van der Waals surface area contributed by atoms with Gasteiger partial charge in [0.1, 0.15) is 4.83 Å². The molecule has 4 rings (SSSR count). The highest BCUT2D eigenvalue weighted by Crippen LogP contribution is 2.34. The third-order valence-electron chi connectivity index (χ3n) is 6.16. The van der Waals surface area contributed by atoms with Gasteiger partial charge in [0, 0.05) is 25.6 Å². The number of aryl methyl sites for hydroxylation is 3. The molecule has 2 aromatic heterocycles. The number of methoxy groups -OCH3 is 1. The lowest BCUT2D eigenvalue weighted by atomic mass is 9.97. The van der Waals surface area contributed by atoms with Crippen molar-refractivity contribution in [3.63, 3.8) is 0 Å². The van der Waals surface area contributed by atoms with Gasteiger partial charge in [-0.25, -0.2) is 4.98 Å². The fourth-order valence-corrected chi connectivity index (χ4v) is 6.46. The first-order valence-electron chi connectivity index (χ1n) is 11.5. The van der Waals surface area contributed by atoms with Crippen LogP contribution in [-0.4, -0.2) is 46.9 Å². The zero-order valence-electron chi connectivity index (χ0n) is 19.6. The molecule has 0 spiro atoms. The summed E-state index contributed by atoms with van der Waals surface area (Å²) in [6.07, 6.45) is 5.27. The Bertz CT molecular complexity index is 1180. The van der Waals surface area contributed by atoms with Gasteiger partial charge in [-0.3, -0.25) is 14.2 Å². The molecule has 1 aliphatic rings. The second-order valence-electron chi connectivity index (χ2n) is 8.44. The van der Waals surface area contributed by atoms with Crippen LogP contribution in [0.25, 0.3) is 10.2 Å². The predicted molar refractivity (Wildman–Crippen MR) is 135 cm³/mol. The Morgan fingerprint density at radius 3 is 2.67 bits per heavy atom. The molecule has 1 aliphatic carbocycles. The van der Waals surface area contributed by atoms with Crippen molar-refractivity contribution >= 4 is 39.2 Å². The van der Waals surface area contributed by atoms with E-state index in [1.807, 2.05) is 7.05 Å². The van der Waals surface area contributed by atoms with Crippen molar-refractivity contribution in [2.75, 3.05) is 26.5 Å². The number of hydrogen-bond acceptors (Lipinski definition) is 6. The molecular formula is C25H31N3O3S2. The van der Waals surface area contributed by atoms with Crippen LogP contribution in [0, 0.1) is 0 Å². The number of thioether (sulfide) groups is 1. The highest BCUT2D eigenvalue weighted by Gasteiger charge is 2.23. The lowest BCUT2D eigenvalue weighted by Crippen LogP contribution is -2.29. The second-order valence-corrected chi connectivity index (χ2v) is 10.5. The number of fused-ring (bicyclic) bond motifs is 3. The van der Waals surface area contributed by atoms with Gasteiger partial charge in [0.2, 0.25) is 5.91 Å². The van der Waals surface area contributed by atoms with Crippen molar-refractivity contribution in [1.82, 2.24) is 14.5 Å². The number of nitrogens with zero attached hydrogens (tertiary/aromatic N) is 3. The number of hydrogen-bond donors (Lipinski definition) is 0. The summed E-state index contributed by atoms with van der Waals surface area (Å²) in [5.41, 5.74) is 3.57. The zero-order chi connectivity index (χ0) is 23.4. The number of rotatable bonds is 9. The summed E-state index contributed by atoms with van der Waals surface area (Å²) in [4.78, 5) is 34.9. The number of amides is 1. The fourth-order valence-electron chi connectivity index (χ4n) is 4.19. The zero-order valence-corrected chi connectivity index (χ0v) is 21.2. The topological polar surface area (TPSA) is 64.4 Å². The van der Waals surface area contributed by atoms with Crippen molar-refractivity contribution < 1.29 is 9.53 Å². The largest absolute Gasteiger partial charge is 0.383 e. The summed E-state index contributed by atoms with van der Waals surface area (Å²) >= 11 is 2.98. The average molecular weight is 486 g/mol. The van der Waals surface area contributed by atoms with Crippen LogP contribution in [-0.2, 0) is 41.9 Å². The van der Waals surface area contributed by atoms with Gasteiger partial charge in [-0.1, -0.05) is 43.0 Å². The van der Waals surface area contributed by atoms with Crippen molar-refractivity contribution in [3.05, 3.63) is 56.2 Å². The second kappa shape index (κ2) is 10.8. The van der Waals surface area contributed by atoms with Crippen molar-refractivity contribution in [2.45, 2.75) is 57.3 Å². The molecule has 0 unspecified atom stereocenters. The summed E-state index contributed by atoms with van der Waals surface area (Å²) in [5.74, 6) is 0.247. The Morgan fingerprint density at radius 1 is 1.21 bits per heavy atom.